The summed E-state index contributed by atoms with van der Waals surface area (Å²) in [6.07, 6.45) is 15.4. The number of aryl methyl sites for hydroxylation is 1. The molecule has 0 aliphatic heterocycles. The molecule has 3 aliphatic rings. The molecule has 1 aromatic rings. The predicted octanol–water partition coefficient (Wildman–Crippen LogP) is 5.18. The second kappa shape index (κ2) is 8.28. The first-order chi connectivity index (χ1) is 13.9. The number of hydrogen-bond acceptors (Lipinski definition) is 3. The van der Waals surface area contributed by atoms with Gasteiger partial charge in [-0.05, 0) is 104 Å². The molecule has 2 saturated carbocycles. The summed E-state index contributed by atoms with van der Waals surface area (Å²) in [7, 11) is 1.74. The number of hydrogen-bond donors (Lipinski definition) is 2. The smallest absolute Gasteiger partial charge is 0.119 e. The van der Waals surface area contributed by atoms with Gasteiger partial charge in [0.1, 0.15) is 5.75 Å². The minimum atomic E-state index is -0.353. The van der Waals surface area contributed by atoms with Crippen molar-refractivity contribution in [2.24, 2.45) is 23.0 Å². The van der Waals surface area contributed by atoms with E-state index in [1.165, 1.54) is 31.2 Å². The van der Waals surface area contributed by atoms with Crippen molar-refractivity contribution < 1.29 is 9.84 Å². The molecule has 1 unspecified atom stereocenters. The highest BCUT2D eigenvalue weighted by Gasteiger charge is 2.44. The summed E-state index contributed by atoms with van der Waals surface area (Å²) in [6.45, 7) is 2.53. The number of benzene rings is 1. The van der Waals surface area contributed by atoms with Gasteiger partial charge in [-0.1, -0.05) is 31.2 Å². The molecular weight excluding hydrogens is 358 g/mol. The molecular formula is C26H37NO2. The molecule has 0 radical (unpaired) electrons. The standard InChI is InChI=1S/C26H37NO2/c1-25(23-11-13-26(27,17-23)18-28)12-10-21-14-20(8-9-22(21)16-25)7-6-19-4-3-5-24(15-19)29-2/h3-5,10,15-16,20,23,28H,6-9,11-14,17-18,27H2,1-2H3/t20-,23+,25?,26-/m1/s1. The lowest BCUT2D eigenvalue weighted by Gasteiger charge is -2.39. The van der Waals surface area contributed by atoms with Crippen molar-refractivity contribution in [3.63, 3.8) is 0 Å². The topological polar surface area (TPSA) is 55.5 Å². The second-order valence-corrected chi connectivity index (χ2v) is 10.1. The summed E-state index contributed by atoms with van der Waals surface area (Å²) in [5, 5.41) is 9.64. The molecule has 0 bridgehead atoms. The fourth-order valence-corrected chi connectivity index (χ4v) is 5.84. The first kappa shape index (κ1) is 20.7. The number of rotatable bonds is 6. The lowest BCUT2D eigenvalue weighted by Crippen LogP contribution is -2.42. The summed E-state index contributed by atoms with van der Waals surface area (Å²) in [6, 6.07) is 8.50. The average Bonchev–Trinajstić information content (AvgIpc) is 3.16. The van der Waals surface area contributed by atoms with E-state index in [2.05, 4.69) is 37.3 Å². The van der Waals surface area contributed by atoms with Crippen molar-refractivity contribution in [1.29, 1.82) is 0 Å². The zero-order valence-corrected chi connectivity index (χ0v) is 18.1. The molecule has 3 nitrogen and oxygen atoms in total. The normalized spacial score (nSPS) is 34.3. The monoisotopic (exact) mass is 395 g/mol. The fraction of sp³-hybridized carbons (Fsp3) is 0.615. The van der Waals surface area contributed by atoms with Gasteiger partial charge in [0.25, 0.3) is 0 Å². The van der Waals surface area contributed by atoms with Crippen LogP contribution in [0.1, 0.15) is 63.9 Å². The summed E-state index contributed by atoms with van der Waals surface area (Å²) in [5.41, 5.74) is 10.8. The van der Waals surface area contributed by atoms with Crippen molar-refractivity contribution >= 4 is 0 Å². The molecule has 0 aromatic heterocycles. The lowest BCUT2D eigenvalue weighted by atomic mass is 9.66. The summed E-state index contributed by atoms with van der Waals surface area (Å²) in [5.74, 6) is 2.34. The van der Waals surface area contributed by atoms with Crippen LogP contribution in [-0.2, 0) is 6.42 Å². The van der Waals surface area contributed by atoms with Gasteiger partial charge in [0.15, 0.2) is 0 Å². The molecule has 4 rings (SSSR count). The number of aliphatic hydroxyl groups is 1. The Kier molecular flexibility index (Phi) is 5.90. The third-order valence-corrected chi connectivity index (χ3v) is 7.90. The van der Waals surface area contributed by atoms with Crippen LogP contribution in [0.4, 0.5) is 0 Å². The number of methoxy groups -OCH3 is 1. The van der Waals surface area contributed by atoms with Crippen LogP contribution in [-0.4, -0.2) is 24.4 Å². The SMILES string of the molecule is COc1cccc(CC[C@@H]2CCC3=CC(C)([C@H]4CC[C@](N)(CO)C4)CC=C3C2)c1. The molecule has 0 saturated heterocycles. The quantitative estimate of drug-likeness (QED) is 0.698. The Morgan fingerprint density at radius 3 is 2.86 bits per heavy atom. The first-order valence-electron chi connectivity index (χ1n) is 11.4. The molecule has 3 N–H and O–H groups in total. The van der Waals surface area contributed by atoms with E-state index in [0.29, 0.717) is 5.92 Å². The Balaban J connectivity index is 1.35. The molecule has 3 heteroatoms. The maximum atomic E-state index is 9.64. The number of fused-ring (bicyclic) bond motifs is 1. The van der Waals surface area contributed by atoms with Crippen molar-refractivity contribution in [3.05, 3.63) is 53.1 Å². The molecule has 0 amide bonds. The molecule has 29 heavy (non-hydrogen) atoms. The van der Waals surface area contributed by atoms with Crippen molar-refractivity contribution in [3.8, 4) is 5.75 Å². The minimum absolute atomic E-state index is 0.117. The molecule has 158 valence electrons. The van der Waals surface area contributed by atoms with E-state index in [9.17, 15) is 5.11 Å². The highest BCUT2D eigenvalue weighted by atomic mass is 16.5. The van der Waals surface area contributed by atoms with Crippen LogP contribution in [0.15, 0.2) is 47.6 Å². The van der Waals surface area contributed by atoms with Gasteiger partial charge in [-0.2, -0.15) is 0 Å². The van der Waals surface area contributed by atoms with Crippen LogP contribution >= 0.6 is 0 Å². The molecule has 3 aliphatic carbocycles. The van der Waals surface area contributed by atoms with Crippen LogP contribution in [0.25, 0.3) is 0 Å². The number of ether oxygens (including phenoxy) is 1. The van der Waals surface area contributed by atoms with E-state index >= 15 is 0 Å². The largest absolute Gasteiger partial charge is 0.497 e. The van der Waals surface area contributed by atoms with Gasteiger partial charge in [-0.3, -0.25) is 0 Å². The molecule has 2 fully saturated rings. The zero-order chi connectivity index (χ0) is 20.5. The number of aliphatic hydroxyl groups excluding tert-OH is 1. The first-order valence-corrected chi connectivity index (χ1v) is 11.4. The van der Waals surface area contributed by atoms with E-state index in [4.69, 9.17) is 10.5 Å². The van der Waals surface area contributed by atoms with Gasteiger partial charge < -0.3 is 15.6 Å². The summed E-state index contributed by atoms with van der Waals surface area (Å²) in [4.78, 5) is 0. The van der Waals surface area contributed by atoms with Crippen LogP contribution < -0.4 is 10.5 Å². The fourth-order valence-electron chi connectivity index (χ4n) is 5.84. The Labute approximate surface area is 176 Å². The van der Waals surface area contributed by atoms with Crippen LogP contribution in [0.3, 0.4) is 0 Å². The minimum Gasteiger partial charge on any atom is -0.497 e. The van der Waals surface area contributed by atoms with Crippen LogP contribution in [0.2, 0.25) is 0 Å². The van der Waals surface area contributed by atoms with Gasteiger partial charge >= 0.3 is 0 Å². The molecule has 0 heterocycles. The van der Waals surface area contributed by atoms with Crippen LogP contribution in [0, 0.1) is 17.3 Å². The number of nitrogens with two attached hydrogens (primary N) is 1. The van der Waals surface area contributed by atoms with Gasteiger partial charge in [0.05, 0.1) is 13.7 Å². The third-order valence-electron chi connectivity index (χ3n) is 7.90. The summed E-state index contributed by atoms with van der Waals surface area (Å²) >= 11 is 0. The number of allylic oxidation sites excluding steroid dienone is 4. The molecule has 0 spiro atoms. The third kappa shape index (κ3) is 4.46. The van der Waals surface area contributed by atoms with Gasteiger partial charge in [0, 0.05) is 5.54 Å². The van der Waals surface area contributed by atoms with E-state index < -0.39 is 0 Å². The zero-order valence-electron chi connectivity index (χ0n) is 18.1. The van der Waals surface area contributed by atoms with Crippen LogP contribution in [0.5, 0.6) is 5.75 Å². The highest BCUT2D eigenvalue weighted by Crippen LogP contribution is 2.51. The van der Waals surface area contributed by atoms with Crippen molar-refractivity contribution in [2.45, 2.75) is 70.3 Å². The van der Waals surface area contributed by atoms with E-state index in [1.54, 1.807) is 18.3 Å². The lowest BCUT2D eigenvalue weighted by molar-refractivity contribution is 0.179. The predicted molar refractivity (Wildman–Crippen MR) is 119 cm³/mol. The van der Waals surface area contributed by atoms with E-state index in [0.717, 1.165) is 43.8 Å². The second-order valence-electron chi connectivity index (χ2n) is 10.1. The maximum absolute atomic E-state index is 9.64. The van der Waals surface area contributed by atoms with Crippen molar-refractivity contribution in [1.82, 2.24) is 0 Å². The van der Waals surface area contributed by atoms with Gasteiger partial charge in [0.2, 0.25) is 0 Å². The van der Waals surface area contributed by atoms with Gasteiger partial charge in [-0.25, -0.2) is 0 Å². The van der Waals surface area contributed by atoms with Gasteiger partial charge in [-0.15, -0.1) is 0 Å². The molecule has 1 aromatic carbocycles. The Hall–Kier alpha value is -1.58. The Morgan fingerprint density at radius 2 is 2.10 bits per heavy atom. The van der Waals surface area contributed by atoms with Crippen molar-refractivity contribution in [2.75, 3.05) is 13.7 Å². The summed E-state index contributed by atoms with van der Waals surface area (Å²) < 4.78 is 5.36. The molecule has 4 atom stereocenters. The van der Waals surface area contributed by atoms with E-state index in [-0.39, 0.29) is 17.6 Å². The maximum Gasteiger partial charge on any atom is 0.119 e. The highest BCUT2D eigenvalue weighted by molar-refractivity contribution is 5.39. The Bertz CT molecular complexity index is 798. The Morgan fingerprint density at radius 1 is 1.24 bits per heavy atom. The van der Waals surface area contributed by atoms with E-state index in [1.807, 2.05) is 6.07 Å². The average molecular weight is 396 g/mol.